The molecule has 0 spiro atoms. The molecule has 0 bridgehead atoms. The van der Waals surface area contributed by atoms with Gasteiger partial charge < -0.3 is 30.1 Å². The van der Waals surface area contributed by atoms with E-state index < -0.39 is 62.8 Å². The summed E-state index contributed by atoms with van der Waals surface area (Å²) in [6.45, 7) is 0.158. The summed E-state index contributed by atoms with van der Waals surface area (Å²) < 4.78 is 36.8. The maximum Gasteiger partial charge on any atom is 0.407 e. The van der Waals surface area contributed by atoms with Crippen LogP contribution < -0.4 is 10.6 Å². The number of nitro benzene ring substituents is 1. The molecule has 0 saturated carbocycles. The lowest BCUT2D eigenvalue weighted by atomic mass is 9.84. The predicted molar refractivity (Wildman–Crippen MR) is 174 cm³/mol. The minimum Gasteiger partial charge on any atom is -0.465 e. The number of alkyl carbamates (subject to hydrolysis) is 1. The largest absolute Gasteiger partial charge is 0.465 e. The first-order chi connectivity index (χ1) is 23.0. The minimum absolute atomic E-state index is 0.0523. The Morgan fingerprint density at radius 1 is 0.958 bits per heavy atom. The highest BCUT2D eigenvalue weighted by Gasteiger charge is 2.35. The molecule has 3 aromatic rings. The van der Waals surface area contributed by atoms with Crippen molar-refractivity contribution in [3.63, 3.8) is 0 Å². The van der Waals surface area contributed by atoms with Crippen molar-refractivity contribution < 1.29 is 42.3 Å². The van der Waals surface area contributed by atoms with Crippen LogP contribution in [0.15, 0.2) is 89.8 Å². The average molecular weight is 683 g/mol. The zero-order chi connectivity index (χ0) is 34.7. The summed E-state index contributed by atoms with van der Waals surface area (Å²) in [4.78, 5) is 49.0. The molecule has 48 heavy (non-hydrogen) atoms. The highest BCUT2D eigenvalue weighted by Crippen LogP contribution is 2.29. The minimum atomic E-state index is -3.93. The van der Waals surface area contributed by atoms with Crippen LogP contribution in [0.5, 0.6) is 0 Å². The fourth-order valence-corrected chi connectivity index (χ4v) is 7.07. The van der Waals surface area contributed by atoms with Crippen LogP contribution >= 0.6 is 0 Å². The number of morpholine rings is 1. The molecule has 0 aromatic heterocycles. The number of carboxylic acid groups (broad SMARTS) is 1. The van der Waals surface area contributed by atoms with Crippen LogP contribution in [0.3, 0.4) is 0 Å². The van der Waals surface area contributed by atoms with Crippen LogP contribution in [-0.4, -0.2) is 92.2 Å². The highest BCUT2D eigenvalue weighted by atomic mass is 32.2. The van der Waals surface area contributed by atoms with Gasteiger partial charge >= 0.3 is 12.2 Å². The van der Waals surface area contributed by atoms with Gasteiger partial charge in [0.1, 0.15) is 6.04 Å². The molecule has 1 aliphatic rings. The van der Waals surface area contributed by atoms with Crippen molar-refractivity contribution in [2.45, 2.75) is 48.3 Å². The summed E-state index contributed by atoms with van der Waals surface area (Å²) in [5.41, 5.74) is 1.39. The Hall–Kier alpha value is -5.02. The number of carbonyl (C=O) groups is 3. The van der Waals surface area contributed by atoms with Crippen molar-refractivity contribution in [3.05, 3.63) is 106 Å². The van der Waals surface area contributed by atoms with E-state index in [4.69, 9.17) is 9.47 Å². The van der Waals surface area contributed by atoms with E-state index >= 15 is 0 Å². The van der Waals surface area contributed by atoms with Gasteiger partial charge in [-0.2, -0.15) is 0 Å². The number of hydrogen-bond acceptors (Lipinski definition) is 9. The first-order valence-electron chi connectivity index (χ1n) is 15.3. The molecule has 3 N–H and O–H groups in total. The zero-order valence-corrected chi connectivity index (χ0v) is 27.1. The van der Waals surface area contributed by atoms with Crippen LogP contribution in [0.4, 0.5) is 15.3 Å². The number of rotatable bonds is 14. The third-order valence-electron chi connectivity index (χ3n) is 7.96. The SMILES string of the molecule is COC(=O)NC(C(=O)NCCCCC1CN(C(=O)O)C[C@@H](CS(=O)(=O)c2ccc([N+](=O)[O-])cc2)O1)C(c1ccccc1)c1ccccc1. The van der Waals surface area contributed by atoms with Crippen LogP contribution in [0.2, 0.25) is 0 Å². The smallest absolute Gasteiger partial charge is 0.407 e. The lowest BCUT2D eigenvalue weighted by Crippen LogP contribution is -2.51. The normalized spacial score (nSPS) is 16.9. The first kappa shape index (κ1) is 35.8. The summed E-state index contributed by atoms with van der Waals surface area (Å²) >= 11 is 0. The van der Waals surface area contributed by atoms with Crippen LogP contribution in [0, 0.1) is 10.1 Å². The highest BCUT2D eigenvalue weighted by molar-refractivity contribution is 7.91. The Kier molecular flexibility index (Phi) is 12.5. The molecule has 1 fully saturated rings. The van der Waals surface area contributed by atoms with E-state index in [0.29, 0.717) is 19.3 Å². The topological polar surface area (TPSA) is 194 Å². The quantitative estimate of drug-likeness (QED) is 0.127. The second kappa shape index (κ2) is 16.7. The lowest BCUT2D eigenvalue weighted by Gasteiger charge is -2.36. The summed E-state index contributed by atoms with van der Waals surface area (Å²) in [6.07, 6.45) is -2.07. The molecular formula is C33H38N4O10S. The van der Waals surface area contributed by atoms with E-state index in [1.807, 2.05) is 60.7 Å². The van der Waals surface area contributed by atoms with Crippen LogP contribution in [0.25, 0.3) is 0 Å². The van der Waals surface area contributed by atoms with Crippen molar-refractivity contribution in [3.8, 4) is 0 Å². The molecule has 0 aliphatic carbocycles. The average Bonchev–Trinajstić information content (AvgIpc) is 3.08. The summed E-state index contributed by atoms with van der Waals surface area (Å²) in [7, 11) is -2.71. The van der Waals surface area contributed by atoms with Gasteiger partial charge in [-0.3, -0.25) is 14.9 Å². The number of carbonyl (C=O) groups excluding carboxylic acids is 2. The predicted octanol–water partition coefficient (Wildman–Crippen LogP) is 3.96. The second-order valence-electron chi connectivity index (χ2n) is 11.3. The van der Waals surface area contributed by atoms with Gasteiger partial charge in [-0.1, -0.05) is 60.7 Å². The van der Waals surface area contributed by atoms with Crippen molar-refractivity contribution in [1.82, 2.24) is 15.5 Å². The molecule has 15 heteroatoms. The van der Waals surface area contributed by atoms with E-state index in [1.54, 1.807) is 0 Å². The summed E-state index contributed by atoms with van der Waals surface area (Å²) in [6, 6.07) is 22.1. The van der Waals surface area contributed by atoms with Crippen molar-refractivity contribution >= 4 is 33.6 Å². The Labute approximate surface area is 278 Å². The maximum absolute atomic E-state index is 13.5. The Morgan fingerprint density at radius 3 is 2.08 bits per heavy atom. The van der Waals surface area contributed by atoms with Gasteiger partial charge in [-0.15, -0.1) is 0 Å². The molecule has 14 nitrogen and oxygen atoms in total. The third kappa shape index (κ3) is 9.75. The lowest BCUT2D eigenvalue weighted by molar-refractivity contribution is -0.384. The van der Waals surface area contributed by atoms with Crippen molar-refractivity contribution in [2.24, 2.45) is 0 Å². The first-order valence-corrected chi connectivity index (χ1v) is 17.0. The fourth-order valence-electron chi connectivity index (χ4n) is 5.65. The van der Waals surface area contributed by atoms with Crippen LogP contribution in [0.1, 0.15) is 36.3 Å². The number of sulfone groups is 1. The van der Waals surface area contributed by atoms with Gasteiger partial charge in [0.15, 0.2) is 9.84 Å². The summed E-state index contributed by atoms with van der Waals surface area (Å²) in [5.74, 6) is -1.43. The fraction of sp³-hybridized carbons (Fsp3) is 0.364. The molecular weight excluding hydrogens is 644 g/mol. The number of amides is 3. The van der Waals surface area contributed by atoms with E-state index in [2.05, 4.69) is 10.6 Å². The van der Waals surface area contributed by atoms with E-state index in [1.165, 1.54) is 7.11 Å². The number of non-ortho nitro benzene ring substituents is 1. The zero-order valence-electron chi connectivity index (χ0n) is 26.3. The molecule has 1 saturated heterocycles. The number of nitro groups is 1. The number of nitrogens with one attached hydrogen (secondary N) is 2. The molecule has 0 radical (unpaired) electrons. The van der Waals surface area contributed by atoms with Crippen molar-refractivity contribution in [2.75, 3.05) is 32.5 Å². The Balaban J connectivity index is 1.36. The molecule has 1 heterocycles. The maximum atomic E-state index is 13.5. The Morgan fingerprint density at radius 2 is 1.54 bits per heavy atom. The molecule has 3 aromatic carbocycles. The molecule has 3 atom stereocenters. The standard InChI is InChI=1S/C33H38N4O10S/c1-46-32(39)35-30(29(23-10-4-2-5-11-23)24-12-6-3-7-13-24)31(38)34-19-9-8-14-26-20-36(33(40)41)21-27(47-26)22-48(44,45)28-17-15-25(16-18-28)37(42)43/h2-7,10-13,15-18,26-27,29-30H,8-9,14,19-22H2,1H3,(H,34,38)(H,35,39)(H,40,41)/t26?,27-,30?/m0/s1. The molecule has 3 amide bonds. The van der Waals surface area contributed by atoms with Gasteiger partial charge in [0.05, 0.1) is 48.0 Å². The molecule has 4 rings (SSSR count). The van der Waals surface area contributed by atoms with Crippen LogP contribution in [-0.2, 0) is 24.1 Å². The van der Waals surface area contributed by atoms with E-state index in [-0.39, 0.29) is 30.2 Å². The van der Waals surface area contributed by atoms with E-state index in [0.717, 1.165) is 40.3 Å². The van der Waals surface area contributed by atoms with Gasteiger partial charge in [-0.05, 0) is 42.5 Å². The van der Waals surface area contributed by atoms with Gasteiger partial charge in [0.25, 0.3) is 5.69 Å². The van der Waals surface area contributed by atoms with E-state index in [9.17, 15) is 38.0 Å². The number of methoxy groups -OCH3 is 1. The second-order valence-corrected chi connectivity index (χ2v) is 13.3. The molecule has 1 aliphatic heterocycles. The number of benzene rings is 3. The van der Waals surface area contributed by atoms with Gasteiger partial charge in [0, 0.05) is 24.6 Å². The number of unbranched alkanes of at least 4 members (excludes halogenated alkanes) is 1. The number of nitrogens with zero attached hydrogens (tertiary/aromatic N) is 2. The Bertz CT molecular complexity index is 1620. The number of hydrogen-bond donors (Lipinski definition) is 3. The molecule has 256 valence electrons. The monoisotopic (exact) mass is 682 g/mol. The number of ether oxygens (including phenoxy) is 2. The van der Waals surface area contributed by atoms with Gasteiger partial charge in [0.2, 0.25) is 5.91 Å². The van der Waals surface area contributed by atoms with Crippen molar-refractivity contribution in [1.29, 1.82) is 0 Å². The molecule has 2 unspecified atom stereocenters. The summed E-state index contributed by atoms with van der Waals surface area (Å²) in [5, 5.41) is 26.1. The third-order valence-corrected chi connectivity index (χ3v) is 9.76. The van der Waals surface area contributed by atoms with Gasteiger partial charge in [-0.25, -0.2) is 18.0 Å².